The molecule has 0 aromatic rings. The third kappa shape index (κ3) is 19.8. The van der Waals surface area contributed by atoms with E-state index in [4.69, 9.17) is 28.4 Å². The van der Waals surface area contributed by atoms with Crippen LogP contribution in [0.4, 0.5) is 9.59 Å². The van der Waals surface area contributed by atoms with Gasteiger partial charge in [0, 0.05) is 45.2 Å². The minimum atomic E-state index is -0.584. The number of methoxy groups -OCH3 is 1. The second kappa shape index (κ2) is 22.9. The van der Waals surface area contributed by atoms with Crippen LogP contribution in [0, 0.1) is 27.6 Å². The molecule has 2 fully saturated rings. The highest BCUT2D eigenvalue weighted by Gasteiger charge is 2.43. The molecule has 54 heavy (non-hydrogen) atoms. The van der Waals surface area contributed by atoms with Crippen molar-refractivity contribution in [3.05, 3.63) is 12.7 Å². The summed E-state index contributed by atoms with van der Waals surface area (Å²) in [5.41, 5.74) is -0.362. The van der Waals surface area contributed by atoms with Crippen LogP contribution in [0.2, 0.25) is 0 Å². The Hall–Kier alpha value is -3.35. The van der Waals surface area contributed by atoms with Crippen LogP contribution in [-0.2, 0) is 42.8 Å². The minimum Gasteiger partial charge on any atom is -0.466 e. The Bertz CT molecular complexity index is 1220. The van der Waals surface area contributed by atoms with Crippen LogP contribution in [0.3, 0.4) is 0 Å². The lowest BCUT2D eigenvalue weighted by atomic mass is 9.60. The second-order valence-electron chi connectivity index (χ2n) is 17.7. The van der Waals surface area contributed by atoms with E-state index in [1.807, 2.05) is 0 Å². The predicted molar refractivity (Wildman–Crippen MR) is 204 cm³/mol. The number of carbonyl (C=O) groups excluding carboxylic acids is 5. The molecule has 4 unspecified atom stereocenters. The summed E-state index contributed by atoms with van der Waals surface area (Å²) in [7, 11) is 1.68. The fraction of sp³-hybridized carbons (Fsp3) is 0.829. The maximum atomic E-state index is 12.8. The highest BCUT2D eigenvalue weighted by Crippen LogP contribution is 2.50. The lowest BCUT2D eigenvalue weighted by Gasteiger charge is -2.46. The van der Waals surface area contributed by atoms with Crippen LogP contribution in [0.25, 0.3) is 0 Å². The van der Waals surface area contributed by atoms with Gasteiger partial charge in [0.05, 0.1) is 19.8 Å². The Morgan fingerprint density at radius 1 is 0.648 bits per heavy atom. The topological polar surface area (TPSA) is 165 Å². The molecule has 2 aliphatic carbocycles. The lowest BCUT2D eigenvalue weighted by molar-refractivity contribution is -0.146. The van der Waals surface area contributed by atoms with E-state index in [-0.39, 0.29) is 72.0 Å². The van der Waals surface area contributed by atoms with Crippen molar-refractivity contribution in [3.8, 4) is 0 Å². The highest BCUT2D eigenvalue weighted by molar-refractivity contribution is 5.81. The molecule has 2 saturated carbocycles. The molecule has 4 atom stereocenters. The van der Waals surface area contributed by atoms with E-state index in [0.717, 1.165) is 70.5 Å². The Morgan fingerprint density at radius 2 is 1.22 bits per heavy atom. The fourth-order valence-corrected chi connectivity index (χ4v) is 8.97. The van der Waals surface area contributed by atoms with E-state index in [1.54, 1.807) is 7.11 Å². The van der Waals surface area contributed by atoms with Crippen LogP contribution >= 0.6 is 0 Å². The van der Waals surface area contributed by atoms with Crippen LogP contribution < -0.4 is 10.6 Å². The molecular weight excluding hydrogens is 696 g/mol. The lowest BCUT2D eigenvalue weighted by Crippen LogP contribution is -2.47. The molecule has 2 rings (SSSR count). The number of ether oxygens (including phenoxy) is 6. The maximum Gasteiger partial charge on any atom is 0.407 e. The van der Waals surface area contributed by atoms with Crippen molar-refractivity contribution < 1.29 is 52.4 Å². The van der Waals surface area contributed by atoms with Crippen molar-refractivity contribution in [3.63, 3.8) is 0 Å². The molecule has 2 aliphatic rings. The average molecular weight is 767 g/mol. The third-order valence-corrected chi connectivity index (χ3v) is 10.4. The summed E-state index contributed by atoms with van der Waals surface area (Å²) < 4.78 is 31.4. The maximum absolute atomic E-state index is 12.8. The molecular formula is C41H70N2O11. The SMILES string of the molecule is C=CC(=O)OCCOC(=O)NCC1(C)CC(CC(=O)OCCCCOC(=O)NC2CC(C)(C)CC(C)(CCC(=O)OCCCCCOC)C2)CC(C)(C)C1. The van der Waals surface area contributed by atoms with Crippen molar-refractivity contribution in [2.45, 2.75) is 137 Å². The number of esters is 3. The Morgan fingerprint density at radius 3 is 1.91 bits per heavy atom. The van der Waals surface area contributed by atoms with E-state index < -0.39 is 18.2 Å². The van der Waals surface area contributed by atoms with Gasteiger partial charge in [-0.15, -0.1) is 0 Å². The van der Waals surface area contributed by atoms with Crippen molar-refractivity contribution in [1.29, 1.82) is 0 Å². The predicted octanol–water partition coefficient (Wildman–Crippen LogP) is 7.44. The Kier molecular flexibility index (Phi) is 19.8. The molecule has 0 heterocycles. The largest absolute Gasteiger partial charge is 0.466 e. The molecule has 310 valence electrons. The molecule has 0 radical (unpaired) electrons. The van der Waals surface area contributed by atoms with Gasteiger partial charge < -0.3 is 39.1 Å². The summed E-state index contributed by atoms with van der Waals surface area (Å²) in [6, 6.07) is -0.0548. The number of unbranched alkanes of at least 4 members (excludes halogenated alkanes) is 3. The first-order valence-electron chi connectivity index (χ1n) is 19.8. The van der Waals surface area contributed by atoms with Crippen LogP contribution in [-0.4, -0.2) is 89.4 Å². The molecule has 0 aromatic carbocycles. The van der Waals surface area contributed by atoms with Crippen LogP contribution in [0.15, 0.2) is 12.7 Å². The highest BCUT2D eigenvalue weighted by atomic mass is 16.6. The van der Waals surface area contributed by atoms with E-state index in [0.29, 0.717) is 45.3 Å². The zero-order valence-electron chi connectivity index (χ0n) is 34.3. The van der Waals surface area contributed by atoms with Crippen molar-refractivity contribution >= 4 is 30.1 Å². The normalized spacial score (nSPS) is 24.4. The first-order chi connectivity index (χ1) is 25.4. The van der Waals surface area contributed by atoms with E-state index in [1.165, 1.54) is 0 Å². The number of alkyl carbamates (subject to hydrolysis) is 2. The van der Waals surface area contributed by atoms with Gasteiger partial charge in [-0.05, 0) is 105 Å². The zero-order chi connectivity index (χ0) is 40.3. The Balaban J connectivity index is 1.66. The zero-order valence-corrected chi connectivity index (χ0v) is 34.3. The standard InChI is InChI=1S/C41H70N2O11/c1-9-33(44)52-21-22-54-36(47)42-30-41(7)25-31(24-38(2,3)29-41)23-35(46)51-19-13-14-20-53-37(48)43-32-26-39(4,5)28-40(6,27-32)16-15-34(45)50-18-12-10-11-17-49-8/h9,31-32H,1,10-30H2,2-8H3,(H,42,47)(H,43,48). The first-order valence-corrected chi connectivity index (χ1v) is 19.8. The average Bonchev–Trinajstić information content (AvgIpc) is 3.06. The van der Waals surface area contributed by atoms with Gasteiger partial charge in [-0.25, -0.2) is 14.4 Å². The summed E-state index contributed by atoms with van der Waals surface area (Å²) in [4.78, 5) is 61.2. The molecule has 13 nitrogen and oxygen atoms in total. The molecule has 0 aliphatic heterocycles. The molecule has 0 bridgehead atoms. The number of hydrogen-bond acceptors (Lipinski definition) is 11. The summed E-state index contributed by atoms with van der Waals surface area (Å²) in [5.74, 6) is -0.895. The van der Waals surface area contributed by atoms with Gasteiger partial charge in [0.15, 0.2) is 0 Å². The molecule has 0 spiro atoms. The number of amides is 2. The summed E-state index contributed by atoms with van der Waals surface area (Å²) in [6.45, 7) is 18.3. The number of nitrogens with one attached hydrogen (secondary N) is 2. The summed E-state index contributed by atoms with van der Waals surface area (Å²) >= 11 is 0. The molecule has 0 saturated heterocycles. The minimum absolute atomic E-state index is 0.00252. The monoisotopic (exact) mass is 766 g/mol. The smallest absolute Gasteiger partial charge is 0.407 e. The number of carbonyl (C=O) groups is 5. The Labute approximate surface area is 323 Å². The third-order valence-electron chi connectivity index (χ3n) is 10.4. The van der Waals surface area contributed by atoms with Gasteiger partial charge in [0.1, 0.15) is 13.2 Å². The number of rotatable bonds is 23. The fourth-order valence-electron chi connectivity index (χ4n) is 8.97. The van der Waals surface area contributed by atoms with Crippen LogP contribution in [0.1, 0.15) is 131 Å². The van der Waals surface area contributed by atoms with E-state index in [2.05, 4.69) is 58.8 Å². The molecule has 0 aromatic heterocycles. The summed E-state index contributed by atoms with van der Waals surface area (Å²) in [6.07, 6.45) is 10.3. The van der Waals surface area contributed by atoms with Gasteiger partial charge in [0.2, 0.25) is 0 Å². The molecule has 2 N–H and O–H groups in total. The summed E-state index contributed by atoms with van der Waals surface area (Å²) in [5, 5.41) is 5.88. The molecule has 13 heteroatoms. The van der Waals surface area contributed by atoms with E-state index in [9.17, 15) is 24.0 Å². The van der Waals surface area contributed by atoms with Crippen molar-refractivity contribution in [1.82, 2.24) is 10.6 Å². The van der Waals surface area contributed by atoms with Gasteiger partial charge in [-0.1, -0.05) is 48.1 Å². The van der Waals surface area contributed by atoms with Gasteiger partial charge >= 0.3 is 30.1 Å². The second-order valence-corrected chi connectivity index (χ2v) is 17.7. The van der Waals surface area contributed by atoms with Gasteiger partial charge in [0.25, 0.3) is 0 Å². The van der Waals surface area contributed by atoms with E-state index >= 15 is 0 Å². The number of hydrogen-bond donors (Lipinski definition) is 2. The van der Waals surface area contributed by atoms with Gasteiger partial charge in [-0.3, -0.25) is 9.59 Å². The molecule has 2 amide bonds. The first kappa shape index (κ1) is 46.8. The quantitative estimate of drug-likeness (QED) is 0.0460. The van der Waals surface area contributed by atoms with Crippen LogP contribution in [0.5, 0.6) is 0 Å². The van der Waals surface area contributed by atoms with Gasteiger partial charge in [-0.2, -0.15) is 0 Å². The van der Waals surface area contributed by atoms with Crippen molar-refractivity contribution in [2.75, 3.05) is 53.3 Å². The van der Waals surface area contributed by atoms with Crippen molar-refractivity contribution in [2.24, 2.45) is 27.6 Å².